The smallest absolute Gasteiger partial charge is 0.0243 e. The molecule has 0 aromatic rings. The molecule has 1 rings (SSSR count). The molecule has 0 aromatic heterocycles. The van der Waals surface area contributed by atoms with Crippen LogP contribution < -0.4 is 5.32 Å². The Balaban J connectivity index is 2.42. The molecule has 0 aromatic carbocycles. The van der Waals surface area contributed by atoms with Crippen molar-refractivity contribution in [3.8, 4) is 0 Å². The van der Waals surface area contributed by atoms with Gasteiger partial charge in [0.2, 0.25) is 0 Å². The van der Waals surface area contributed by atoms with Gasteiger partial charge >= 0.3 is 0 Å². The van der Waals surface area contributed by atoms with Gasteiger partial charge in [0.15, 0.2) is 0 Å². The van der Waals surface area contributed by atoms with Crippen LogP contribution in [0.2, 0.25) is 0 Å². The molecule has 1 aliphatic carbocycles. The van der Waals surface area contributed by atoms with Gasteiger partial charge in [-0.25, -0.2) is 0 Å². The van der Waals surface area contributed by atoms with Crippen LogP contribution >= 0.6 is 0 Å². The zero-order valence-corrected chi connectivity index (χ0v) is 12.3. The van der Waals surface area contributed by atoms with E-state index in [0.717, 1.165) is 31.0 Å². The van der Waals surface area contributed by atoms with E-state index in [4.69, 9.17) is 0 Å². The average Bonchev–Trinajstić information content (AvgIpc) is 3.07. The minimum Gasteiger partial charge on any atom is -0.315 e. The molecule has 0 saturated heterocycles. The molecular weight excluding hydrogens is 208 g/mol. The molecule has 0 radical (unpaired) electrons. The van der Waals surface area contributed by atoms with Crippen molar-refractivity contribution in [2.75, 3.05) is 26.2 Å². The topological polar surface area (TPSA) is 15.3 Å². The first-order valence-corrected chi connectivity index (χ1v) is 7.63. The Labute approximate surface area is 108 Å². The van der Waals surface area contributed by atoms with Gasteiger partial charge in [-0.05, 0) is 50.6 Å². The van der Waals surface area contributed by atoms with Crippen LogP contribution in [0.1, 0.15) is 53.4 Å². The van der Waals surface area contributed by atoms with E-state index in [-0.39, 0.29) is 0 Å². The first-order chi connectivity index (χ1) is 8.19. The molecule has 2 nitrogen and oxygen atoms in total. The van der Waals surface area contributed by atoms with Gasteiger partial charge in [-0.15, -0.1) is 0 Å². The van der Waals surface area contributed by atoms with E-state index in [9.17, 15) is 0 Å². The summed E-state index contributed by atoms with van der Waals surface area (Å²) in [5, 5.41) is 3.61. The van der Waals surface area contributed by atoms with Crippen molar-refractivity contribution in [1.82, 2.24) is 10.2 Å². The van der Waals surface area contributed by atoms with Gasteiger partial charge in [-0.1, -0.05) is 27.7 Å². The first-order valence-electron chi connectivity index (χ1n) is 7.63. The summed E-state index contributed by atoms with van der Waals surface area (Å²) in [5.41, 5.74) is 0. The highest BCUT2D eigenvalue weighted by atomic mass is 15.2. The maximum absolute atomic E-state index is 3.61. The lowest BCUT2D eigenvalue weighted by atomic mass is 10.0. The van der Waals surface area contributed by atoms with Gasteiger partial charge in [0.25, 0.3) is 0 Å². The number of rotatable bonds is 10. The van der Waals surface area contributed by atoms with Gasteiger partial charge in [0.05, 0.1) is 0 Å². The predicted molar refractivity (Wildman–Crippen MR) is 76.4 cm³/mol. The third-order valence-corrected chi connectivity index (χ3v) is 3.72. The second-order valence-electron chi connectivity index (χ2n) is 5.95. The maximum atomic E-state index is 3.61. The molecule has 0 bridgehead atoms. The molecule has 0 aliphatic heterocycles. The highest BCUT2D eigenvalue weighted by Crippen LogP contribution is 2.31. The molecule has 17 heavy (non-hydrogen) atoms. The van der Waals surface area contributed by atoms with Crippen molar-refractivity contribution in [2.45, 2.75) is 59.4 Å². The molecule has 1 atom stereocenters. The van der Waals surface area contributed by atoms with Crippen molar-refractivity contribution in [1.29, 1.82) is 0 Å². The van der Waals surface area contributed by atoms with E-state index < -0.39 is 0 Å². The van der Waals surface area contributed by atoms with Gasteiger partial charge in [0.1, 0.15) is 0 Å². The lowest BCUT2D eigenvalue weighted by Gasteiger charge is -2.34. The Bertz CT molecular complexity index is 187. The lowest BCUT2D eigenvalue weighted by Crippen LogP contribution is -2.47. The zero-order chi connectivity index (χ0) is 12.7. The molecule has 0 spiro atoms. The predicted octanol–water partition coefficient (Wildman–Crippen LogP) is 3.13. The lowest BCUT2D eigenvalue weighted by molar-refractivity contribution is 0.145. The van der Waals surface area contributed by atoms with Crippen LogP contribution in [-0.4, -0.2) is 37.1 Å². The molecule has 0 heterocycles. The van der Waals surface area contributed by atoms with Crippen LogP contribution in [0.3, 0.4) is 0 Å². The molecule has 2 heteroatoms. The monoisotopic (exact) mass is 240 g/mol. The van der Waals surface area contributed by atoms with Crippen molar-refractivity contribution >= 4 is 0 Å². The molecule has 1 saturated carbocycles. The average molecular weight is 240 g/mol. The van der Waals surface area contributed by atoms with Crippen molar-refractivity contribution in [3.63, 3.8) is 0 Å². The van der Waals surface area contributed by atoms with Crippen LogP contribution in [0.25, 0.3) is 0 Å². The minimum atomic E-state index is 0.724. The van der Waals surface area contributed by atoms with E-state index in [1.807, 2.05) is 0 Å². The van der Waals surface area contributed by atoms with E-state index >= 15 is 0 Å². The molecule has 1 unspecified atom stereocenters. The fraction of sp³-hybridized carbons (Fsp3) is 1.00. The quantitative estimate of drug-likeness (QED) is 0.590. The van der Waals surface area contributed by atoms with E-state index in [0.29, 0.717) is 0 Å². The first kappa shape index (κ1) is 15.0. The van der Waals surface area contributed by atoms with Crippen LogP contribution in [0.5, 0.6) is 0 Å². The van der Waals surface area contributed by atoms with Crippen molar-refractivity contribution < 1.29 is 0 Å². The molecule has 1 N–H and O–H groups in total. The van der Waals surface area contributed by atoms with Gasteiger partial charge in [-0.2, -0.15) is 0 Å². The summed E-state index contributed by atoms with van der Waals surface area (Å²) in [6, 6.07) is 0.724. The number of nitrogens with zero attached hydrogens (tertiary/aromatic N) is 1. The highest BCUT2D eigenvalue weighted by molar-refractivity contribution is 4.83. The van der Waals surface area contributed by atoms with E-state index in [1.165, 1.54) is 38.8 Å². The summed E-state index contributed by atoms with van der Waals surface area (Å²) in [4.78, 5) is 2.74. The number of hydrogen-bond acceptors (Lipinski definition) is 2. The second kappa shape index (κ2) is 8.10. The number of nitrogens with one attached hydrogen (secondary N) is 1. The SMILES string of the molecule is CCCNCC(C(C)C)N(CCC)CC1CC1. The zero-order valence-electron chi connectivity index (χ0n) is 12.3. The van der Waals surface area contributed by atoms with Crippen LogP contribution in [0.15, 0.2) is 0 Å². The molecule has 1 aliphatic rings. The standard InChI is InChI=1S/C15H32N2/c1-5-9-16-11-15(13(3)4)17(10-6-2)12-14-7-8-14/h13-16H,5-12H2,1-4H3. The Morgan fingerprint density at radius 2 is 1.88 bits per heavy atom. The molecular formula is C15H32N2. The fourth-order valence-electron chi connectivity index (χ4n) is 2.52. The Morgan fingerprint density at radius 1 is 1.18 bits per heavy atom. The van der Waals surface area contributed by atoms with Crippen LogP contribution in [-0.2, 0) is 0 Å². The Kier molecular flexibility index (Phi) is 7.14. The third-order valence-electron chi connectivity index (χ3n) is 3.72. The Hall–Kier alpha value is -0.0800. The normalized spacial score (nSPS) is 18.0. The maximum Gasteiger partial charge on any atom is 0.0243 e. The summed E-state index contributed by atoms with van der Waals surface area (Å²) in [6.07, 6.45) is 5.45. The van der Waals surface area contributed by atoms with E-state index in [2.05, 4.69) is 37.9 Å². The number of hydrogen-bond donors (Lipinski definition) is 1. The van der Waals surface area contributed by atoms with E-state index in [1.54, 1.807) is 0 Å². The van der Waals surface area contributed by atoms with Crippen LogP contribution in [0.4, 0.5) is 0 Å². The largest absolute Gasteiger partial charge is 0.315 e. The molecule has 1 fully saturated rings. The fourth-order valence-corrected chi connectivity index (χ4v) is 2.52. The van der Waals surface area contributed by atoms with Crippen LogP contribution in [0, 0.1) is 11.8 Å². The summed E-state index contributed by atoms with van der Waals surface area (Å²) >= 11 is 0. The second-order valence-corrected chi connectivity index (χ2v) is 5.95. The summed E-state index contributed by atoms with van der Waals surface area (Å²) < 4.78 is 0. The molecule has 102 valence electrons. The van der Waals surface area contributed by atoms with Crippen molar-refractivity contribution in [3.05, 3.63) is 0 Å². The van der Waals surface area contributed by atoms with Crippen molar-refractivity contribution in [2.24, 2.45) is 11.8 Å². The minimum absolute atomic E-state index is 0.724. The highest BCUT2D eigenvalue weighted by Gasteiger charge is 2.28. The van der Waals surface area contributed by atoms with Gasteiger partial charge in [0, 0.05) is 19.1 Å². The summed E-state index contributed by atoms with van der Waals surface area (Å²) in [5.74, 6) is 1.76. The van der Waals surface area contributed by atoms with Gasteiger partial charge in [-0.3, -0.25) is 4.90 Å². The Morgan fingerprint density at radius 3 is 2.35 bits per heavy atom. The summed E-state index contributed by atoms with van der Waals surface area (Å²) in [6.45, 7) is 14.2. The van der Waals surface area contributed by atoms with Gasteiger partial charge < -0.3 is 5.32 Å². The molecule has 0 amide bonds. The third kappa shape index (κ3) is 5.87. The summed E-state index contributed by atoms with van der Waals surface area (Å²) in [7, 11) is 0.